The van der Waals surface area contributed by atoms with Crippen LogP contribution in [0.3, 0.4) is 0 Å². The van der Waals surface area contributed by atoms with Crippen molar-refractivity contribution in [1.29, 1.82) is 0 Å². The Kier molecular flexibility index (Phi) is 5.79. The third kappa shape index (κ3) is 4.05. The molecule has 0 radical (unpaired) electrons. The van der Waals surface area contributed by atoms with Gasteiger partial charge >= 0.3 is 0 Å². The fraction of sp³-hybridized carbons (Fsp3) is 0.688. The summed E-state index contributed by atoms with van der Waals surface area (Å²) in [5.41, 5.74) is 1.32. The van der Waals surface area contributed by atoms with Crippen molar-refractivity contribution in [2.75, 3.05) is 39.8 Å². The molecule has 1 atom stereocenters. The maximum Gasteiger partial charge on any atom is 0.239 e. The van der Waals surface area contributed by atoms with Crippen molar-refractivity contribution in [3.05, 3.63) is 21.9 Å². The summed E-state index contributed by atoms with van der Waals surface area (Å²) in [5, 5.41) is 2.12. The van der Waals surface area contributed by atoms with Crippen molar-refractivity contribution in [3.8, 4) is 0 Å². The van der Waals surface area contributed by atoms with Crippen molar-refractivity contribution >= 4 is 17.2 Å². The van der Waals surface area contributed by atoms with Crippen LogP contribution >= 0.6 is 11.3 Å². The summed E-state index contributed by atoms with van der Waals surface area (Å²) in [5.74, 6) is 0.266. The summed E-state index contributed by atoms with van der Waals surface area (Å²) < 4.78 is 0. The zero-order chi connectivity index (χ0) is 15.4. The van der Waals surface area contributed by atoms with E-state index in [1.54, 1.807) is 11.3 Å². The van der Waals surface area contributed by atoms with Gasteiger partial charge in [0.05, 0.1) is 6.04 Å². The van der Waals surface area contributed by atoms with Crippen LogP contribution in [0.2, 0.25) is 0 Å². The minimum atomic E-state index is -0.0559. The highest BCUT2D eigenvalue weighted by Crippen LogP contribution is 2.18. The van der Waals surface area contributed by atoms with E-state index in [0.717, 1.165) is 39.3 Å². The third-order valence-corrected chi connectivity index (χ3v) is 5.52. The monoisotopic (exact) mass is 309 g/mol. The molecule has 1 aliphatic rings. The van der Waals surface area contributed by atoms with Gasteiger partial charge in [0.1, 0.15) is 0 Å². The van der Waals surface area contributed by atoms with Gasteiger partial charge in [-0.2, -0.15) is 0 Å². The SMILES string of the molecule is CCN1CCN(C(=O)C(C)N(C)Cc2sccc2C)CC1. The Hall–Kier alpha value is -0.910. The summed E-state index contributed by atoms with van der Waals surface area (Å²) in [7, 11) is 2.05. The number of likely N-dealkylation sites (N-methyl/N-ethyl adjacent to an activating group) is 2. The summed E-state index contributed by atoms with van der Waals surface area (Å²) in [6.45, 7) is 12.0. The molecular weight excluding hydrogens is 282 g/mol. The Balaban J connectivity index is 1.88. The predicted octanol–water partition coefficient (Wildman–Crippen LogP) is 2.04. The Morgan fingerprint density at radius 2 is 2.05 bits per heavy atom. The molecule has 0 bridgehead atoms. The quantitative estimate of drug-likeness (QED) is 0.833. The van der Waals surface area contributed by atoms with E-state index in [4.69, 9.17) is 0 Å². The number of carbonyl (C=O) groups excluding carboxylic acids is 1. The molecule has 5 heteroatoms. The van der Waals surface area contributed by atoms with Crippen LogP contribution in [0.15, 0.2) is 11.4 Å². The summed E-state index contributed by atoms with van der Waals surface area (Å²) in [4.78, 5) is 20.6. The van der Waals surface area contributed by atoms with Gasteiger partial charge in [-0.15, -0.1) is 11.3 Å². The molecule has 1 fully saturated rings. The van der Waals surface area contributed by atoms with Crippen LogP contribution in [0.1, 0.15) is 24.3 Å². The van der Waals surface area contributed by atoms with Crippen molar-refractivity contribution in [3.63, 3.8) is 0 Å². The largest absolute Gasteiger partial charge is 0.339 e. The van der Waals surface area contributed by atoms with E-state index in [1.165, 1.54) is 10.4 Å². The molecule has 0 saturated carbocycles. The van der Waals surface area contributed by atoms with E-state index in [2.05, 4.69) is 35.1 Å². The molecule has 4 nitrogen and oxygen atoms in total. The summed E-state index contributed by atoms with van der Waals surface area (Å²) >= 11 is 1.77. The second-order valence-electron chi connectivity index (χ2n) is 5.88. The molecule has 1 unspecified atom stereocenters. The lowest BCUT2D eigenvalue weighted by atomic mass is 10.2. The first-order valence-electron chi connectivity index (χ1n) is 7.77. The summed E-state index contributed by atoms with van der Waals surface area (Å²) in [6, 6.07) is 2.09. The number of piperazine rings is 1. The van der Waals surface area contributed by atoms with E-state index in [9.17, 15) is 4.79 Å². The Labute approximate surface area is 132 Å². The molecule has 21 heavy (non-hydrogen) atoms. The van der Waals surface area contributed by atoms with Gasteiger partial charge in [-0.05, 0) is 44.4 Å². The molecule has 0 spiro atoms. The number of carbonyl (C=O) groups is 1. The number of hydrogen-bond acceptors (Lipinski definition) is 4. The Bertz CT molecular complexity index is 466. The molecule has 0 aromatic carbocycles. The number of rotatable bonds is 5. The van der Waals surface area contributed by atoms with Gasteiger partial charge in [0, 0.05) is 37.6 Å². The predicted molar refractivity (Wildman–Crippen MR) is 88.7 cm³/mol. The average molecular weight is 309 g/mol. The molecule has 118 valence electrons. The van der Waals surface area contributed by atoms with E-state index in [-0.39, 0.29) is 11.9 Å². The molecule has 1 amide bonds. The molecule has 1 saturated heterocycles. The molecule has 1 aliphatic heterocycles. The second-order valence-corrected chi connectivity index (χ2v) is 6.88. The smallest absolute Gasteiger partial charge is 0.239 e. The number of aryl methyl sites for hydroxylation is 1. The van der Waals surface area contributed by atoms with Gasteiger partial charge in [0.2, 0.25) is 5.91 Å². The standard InChI is InChI=1S/C16H27N3OS/c1-5-18-7-9-19(10-8-18)16(20)14(3)17(4)12-15-13(2)6-11-21-15/h6,11,14H,5,7-10,12H2,1-4H3. The molecule has 0 N–H and O–H groups in total. The zero-order valence-electron chi connectivity index (χ0n) is 13.6. The normalized spacial score (nSPS) is 18.2. The fourth-order valence-corrected chi connectivity index (χ4v) is 3.64. The first-order valence-corrected chi connectivity index (χ1v) is 8.65. The minimum absolute atomic E-state index is 0.0559. The van der Waals surface area contributed by atoms with Crippen LogP contribution in [0.25, 0.3) is 0 Å². The average Bonchev–Trinajstić information content (AvgIpc) is 2.91. The third-order valence-electron chi connectivity index (χ3n) is 4.51. The van der Waals surface area contributed by atoms with E-state index in [0.29, 0.717) is 0 Å². The summed E-state index contributed by atoms with van der Waals surface area (Å²) in [6.07, 6.45) is 0. The topological polar surface area (TPSA) is 26.8 Å². The van der Waals surface area contributed by atoms with Gasteiger partial charge < -0.3 is 9.80 Å². The van der Waals surface area contributed by atoms with E-state index < -0.39 is 0 Å². The van der Waals surface area contributed by atoms with E-state index >= 15 is 0 Å². The van der Waals surface area contributed by atoms with Gasteiger partial charge in [-0.3, -0.25) is 9.69 Å². The molecule has 0 aliphatic carbocycles. The second kappa shape index (κ2) is 7.38. The van der Waals surface area contributed by atoms with Crippen LogP contribution in [-0.4, -0.2) is 66.4 Å². The van der Waals surface area contributed by atoms with Crippen LogP contribution in [0.5, 0.6) is 0 Å². The fourth-order valence-electron chi connectivity index (χ4n) is 2.67. The molecular formula is C16H27N3OS. The van der Waals surface area contributed by atoms with Crippen molar-refractivity contribution in [1.82, 2.24) is 14.7 Å². The van der Waals surface area contributed by atoms with Crippen molar-refractivity contribution in [2.24, 2.45) is 0 Å². The lowest BCUT2D eigenvalue weighted by molar-refractivity contribution is -0.137. The maximum absolute atomic E-state index is 12.6. The maximum atomic E-state index is 12.6. The number of amides is 1. The molecule has 1 aromatic heterocycles. The van der Waals surface area contributed by atoms with Crippen LogP contribution in [-0.2, 0) is 11.3 Å². The van der Waals surface area contributed by atoms with E-state index in [1.807, 2.05) is 18.9 Å². The van der Waals surface area contributed by atoms with Gasteiger partial charge in [0.25, 0.3) is 0 Å². The lowest BCUT2D eigenvalue weighted by Crippen LogP contribution is -2.53. The first kappa shape index (κ1) is 16.5. The van der Waals surface area contributed by atoms with Crippen molar-refractivity contribution in [2.45, 2.75) is 33.4 Å². The highest BCUT2D eigenvalue weighted by molar-refractivity contribution is 7.10. The Morgan fingerprint density at radius 1 is 1.38 bits per heavy atom. The molecule has 1 aromatic rings. The molecule has 2 heterocycles. The lowest BCUT2D eigenvalue weighted by Gasteiger charge is -2.37. The highest BCUT2D eigenvalue weighted by atomic mass is 32.1. The number of nitrogens with zero attached hydrogens (tertiary/aromatic N) is 3. The van der Waals surface area contributed by atoms with Gasteiger partial charge in [0.15, 0.2) is 0 Å². The van der Waals surface area contributed by atoms with Gasteiger partial charge in [-0.1, -0.05) is 6.92 Å². The van der Waals surface area contributed by atoms with Crippen LogP contribution < -0.4 is 0 Å². The van der Waals surface area contributed by atoms with Crippen LogP contribution in [0.4, 0.5) is 0 Å². The molecule has 2 rings (SSSR count). The van der Waals surface area contributed by atoms with Crippen molar-refractivity contribution < 1.29 is 4.79 Å². The Morgan fingerprint density at radius 3 is 2.57 bits per heavy atom. The van der Waals surface area contributed by atoms with Crippen LogP contribution in [0, 0.1) is 6.92 Å². The number of thiophene rings is 1. The first-order chi connectivity index (χ1) is 10.0. The minimum Gasteiger partial charge on any atom is -0.339 e. The number of hydrogen-bond donors (Lipinski definition) is 0. The van der Waals surface area contributed by atoms with Gasteiger partial charge in [-0.25, -0.2) is 0 Å². The zero-order valence-corrected chi connectivity index (χ0v) is 14.4. The highest BCUT2D eigenvalue weighted by Gasteiger charge is 2.26.